The number of rotatable bonds is 3. The summed E-state index contributed by atoms with van der Waals surface area (Å²) < 4.78 is 0. The third kappa shape index (κ3) is 2.74. The van der Waals surface area contributed by atoms with Crippen molar-refractivity contribution < 1.29 is 4.79 Å². The Kier molecular flexibility index (Phi) is 4.07. The molecule has 4 rings (SSSR count). The highest BCUT2D eigenvalue weighted by Gasteiger charge is 2.45. The van der Waals surface area contributed by atoms with Crippen LogP contribution in [0, 0.1) is 6.92 Å². The second-order valence-electron chi connectivity index (χ2n) is 7.16. The summed E-state index contributed by atoms with van der Waals surface area (Å²) in [6, 6.07) is 0. The number of carbonyl (C=O) groups excluding carboxylic acids is 1. The van der Waals surface area contributed by atoms with Crippen LogP contribution in [0.5, 0.6) is 0 Å². The van der Waals surface area contributed by atoms with Gasteiger partial charge < -0.3 is 10.6 Å². The van der Waals surface area contributed by atoms with E-state index in [9.17, 15) is 4.79 Å². The van der Waals surface area contributed by atoms with Gasteiger partial charge in [-0.1, -0.05) is 6.42 Å². The van der Waals surface area contributed by atoms with Gasteiger partial charge in [-0.15, -0.1) is 0 Å². The first-order valence-electron chi connectivity index (χ1n) is 9.08. The smallest absolute Gasteiger partial charge is 0.238 e. The van der Waals surface area contributed by atoms with Crippen LogP contribution in [-0.2, 0) is 4.79 Å². The van der Waals surface area contributed by atoms with Gasteiger partial charge in [-0.05, 0) is 45.7 Å². The molecule has 0 spiro atoms. The molecule has 8 nitrogen and oxygen atoms in total. The van der Waals surface area contributed by atoms with Gasteiger partial charge in [-0.3, -0.25) is 14.8 Å². The maximum absolute atomic E-state index is 12.4. The van der Waals surface area contributed by atoms with Crippen LogP contribution in [0.2, 0.25) is 0 Å². The Morgan fingerprint density at radius 2 is 1.88 bits per heavy atom. The molecule has 3 N–H and O–H groups in total. The molecule has 1 amide bonds. The molecule has 0 unspecified atom stereocenters. The Morgan fingerprint density at radius 1 is 1.16 bits per heavy atom. The van der Waals surface area contributed by atoms with Gasteiger partial charge in [0.25, 0.3) is 0 Å². The van der Waals surface area contributed by atoms with E-state index in [4.69, 9.17) is 5.73 Å². The first-order chi connectivity index (χ1) is 12.1. The Balaban J connectivity index is 1.59. The highest BCUT2D eigenvalue weighted by atomic mass is 16.1. The number of aromatic amines is 1. The largest absolute Gasteiger partial charge is 0.368 e. The first kappa shape index (κ1) is 16.3. The number of piperidine rings is 2. The molecule has 2 aliphatic rings. The number of carbonyl (C=O) groups is 1. The fraction of sp³-hybridized carbons (Fsp3) is 0.647. The molecular weight excluding hydrogens is 318 g/mol. The number of likely N-dealkylation sites (tertiary alicyclic amines) is 1. The summed E-state index contributed by atoms with van der Waals surface area (Å²) >= 11 is 0. The van der Waals surface area contributed by atoms with Gasteiger partial charge >= 0.3 is 0 Å². The molecule has 2 aromatic rings. The van der Waals surface area contributed by atoms with Gasteiger partial charge in [0.1, 0.15) is 17.2 Å². The highest BCUT2D eigenvalue weighted by molar-refractivity contribution is 5.88. The topological polar surface area (TPSA) is 104 Å². The zero-order valence-electron chi connectivity index (χ0n) is 14.7. The molecule has 0 aliphatic carbocycles. The van der Waals surface area contributed by atoms with Crippen molar-refractivity contribution in [2.75, 3.05) is 31.1 Å². The second kappa shape index (κ2) is 6.25. The molecule has 0 saturated carbocycles. The second-order valence-corrected chi connectivity index (χ2v) is 7.16. The number of aryl methyl sites for hydroxylation is 1. The summed E-state index contributed by atoms with van der Waals surface area (Å²) in [5.74, 6) is 1.43. The van der Waals surface area contributed by atoms with Crippen LogP contribution in [0.15, 0.2) is 6.20 Å². The summed E-state index contributed by atoms with van der Waals surface area (Å²) in [4.78, 5) is 25.9. The number of H-pyrrole nitrogens is 1. The molecule has 25 heavy (non-hydrogen) atoms. The van der Waals surface area contributed by atoms with Gasteiger partial charge in [0.05, 0.1) is 11.6 Å². The van der Waals surface area contributed by atoms with Crippen LogP contribution in [0.3, 0.4) is 0 Å². The van der Waals surface area contributed by atoms with Crippen LogP contribution < -0.4 is 10.6 Å². The first-order valence-corrected chi connectivity index (χ1v) is 9.08. The van der Waals surface area contributed by atoms with E-state index in [1.54, 1.807) is 6.20 Å². The van der Waals surface area contributed by atoms with E-state index in [0.29, 0.717) is 0 Å². The number of nitrogens with one attached hydrogen (secondary N) is 1. The van der Waals surface area contributed by atoms with E-state index in [-0.39, 0.29) is 5.91 Å². The van der Waals surface area contributed by atoms with Crippen molar-refractivity contribution in [1.29, 1.82) is 0 Å². The molecule has 0 atom stereocenters. The van der Waals surface area contributed by atoms with E-state index in [1.807, 2.05) is 6.92 Å². The van der Waals surface area contributed by atoms with E-state index in [1.165, 1.54) is 6.42 Å². The van der Waals surface area contributed by atoms with Crippen molar-refractivity contribution in [1.82, 2.24) is 25.1 Å². The molecule has 0 bridgehead atoms. The summed E-state index contributed by atoms with van der Waals surface area (Å²) in [5, 5.41) is 7.93. The van der Waals surface area contributed by atoms with Crippen LogP contribution in [0.1, 0.15) is 37.9 Å². The molecule has 4 heterocycles. The van der Waals surface area contributed by atoms with E-state index in [0.717, 1.165) is 74.5 Å². The third-order valence-corrected chi connectivity index (χ3v) is 5.71. The zero-order chi connectivity index (χ0) is 17.4. The average Bonchev–Trinajstić information content (AvgIpc) is 3.10. The molecule has 0 radical (unpaired) electrons. The van der Waals surface area contributed by atoms with Gasteiger partial charge in [-0.25, -0.2) is 9.97 Å². The molecular formula is C17H25N7O. The Hall–Kier alpha value is -2.22. The summed E-state index contributed by atoms with van der Waals surface area (Å²) in [5.41, 5.74) is 6.12. The van der Waals surface area contributed by atoms with Crippen molar-refractivity contribution in [3.05, 3.63) is 12.0 Å². The standard InChI is InChI=1S/C17H25N7O/c1-12-20-14-13(11-19-22-14)15(21-12)23-9-5-17(6-10-23,16(18)25)24-7-3-2-4-8-24/h11H,2-10H2,1H3,(H2,18,25)(H,19,20,21,22). The monoisotopic (exact) mass is 343 g/mol. The number of anilines is 1. The number of nitrogens with two attached hydrogens (primary N) is 1. The van der Waals surface area contributed by atoms with Crippen LogP contribution >= 0.6 is 0 Å². The average molecular weight is 343 g/mol. The fourth-order valence-electron chi connectivity index (χ4n) is 4.30. The zero-order valence-corrected chi connectivity index (χ0v) is 14.7. The third-order valence-electron chi connectivity index (χ3n) is 5.71. The lowest BCUT2D eigenvalue weighted by Crippen LogP contribution is -2.63. The fourth-order valence-corrected chi connectivity index (χ4v) is 4.30. The lowest BCUT2D eigenvalue weighted by molar-refractivity contribution is -0.132. The number of hydrogen-bond donors (Lipinski definition) is 2. The number of amides is 1. The van der Waals surface area contributed by atoms with Crippen molar-refractivity contribution >= 4 is 22.8 Å². The molecule has 0 aromatic carbocycles. The predicted octanol–water partition coefficient (Wildman–Crippen LogP) is 0.972. The van der Waals surface area contributed by atoms with Gasteiger partial charge in [0.15, 0.2) is 5.65 Å². The van der Waals surface area contributed by atoms with E-state index < -0.39 is 5.54 Å². The summed E-state index contributed by atoms with van der Waals surface area (Å²) in [6.45, 7) is 5.35. The van der Waals surface area contributed by atoms with Crippen LogP contribution in [0.4, 0.5) is 5.82 Å². The molecule has 8 heteroatoms. The minimum Gasteiger partial charge on any atom is -0.368 e. The minimum absolute atomic E-state index is 0.179. The minimum atomic E-state index is -0.505. The van der Waals surface area contributed by atoms with Gasteiger partial charge in [0, 0.05) is 13.1 Å². The summed E-state index contributed by atoms with van der Waals surface area (Å²) in [6.07, 6.45) is 6.80. The van der Waals surface area contributed by atoms with Crippen LogP contribution in [-0.4, -0.2) is 62.7 Å². The Labute approximate surface area is 146 Å². The molecule has 2 aromatic heterocycles. The van der Waals surface area contributed by atoms with Crippen molar-refractivity contribution in [3.63, 3.8) is 0 Å². The number of primary amides is 1. The van der Waals surface area contributed by atoms with Crippen molar-refractivity contribution in [2.45, 2.75) is 44.6 Å². The van der Waals surface area contributed by atoms with Gasteiger partial charge in [-0.2, -0.15) is 5.10 Å². The molecule has 2 saturated heterocycles. The lowest BCUT2D eigenvalue weighted by atomic mass is 9.83. The van der Waals surface area contributed by atoms with E-state index >= 15 is 0 Å². The van der Waals surface area contributed by atoms with Crippen molar-refractivity contribution in [3.8, 4) is 0 Å². The summed E-state index contributed by atoms with van der Waals surface area (Å²) in [7, 11) is 0. The maximum Gasteiger partial charge on any atom is 0.238 e. The Morgan fingerprint density at radius 3 is 2.56 bits per heavy atom. The number of fused-ring (bicyclic) bond motifs is 1. The predicted molar refractivity (Wildman–Crippen MR) is 95.2 cm³/mol. The molecule has 134 valence electrons. The number of nitrogens with zero attached hydrogens (tertiary/aromatic N) is 5. The quantitative estimate of drug-likeness (QED) is 0.861. The number of aromatic nitrogens is 4. The normalized spacial score (nSPS) is 21.6. The SMILES string of the molecule is Cc1nc(N2CCC(C(N)=O)(N3CCCCC3)CC2)c2cn[nH]c2n1. The highest BCUT2D eigenvalue weighted by Crippen LogP contribution is 2.34. The number of hydrogen-bond acceptors (Lipinski definition) is 6. The van der Waals surface area contributed by atoms with Crippen LogP contribution in [0.25, 0.3) is 11.0 Å². The molecule has 2 aliphatic heterocycles. The van der Waals surface area contributed by atoms with Gasteiger partial charge in [0.2, 0.25) is 5.91 Å². The Bertz CT molecular complexity index is 772. The van der Waals surface area contributed by atoms with E-state index in [2.05, 4.69) is 30.0 Å². The lowest BCUT2D eigenvalue weighted by Gasteiger charge is -2.48. The van der Waals surface area contributed by atoms with Crippen molar-refractivity contribution in [2.24, 2.45) is 5.73 Å². The maximum atomic E-state index is 12.4. The molecule has 2 fully saturated rings.